The standard InChI is InChI=1S/2C50H36N2/c1-49(2)43-15-9-7-12-35(43)37-23-21-32(25-45(37)49)40-27-42-41(31-19-17-30(29-51)18-20-31)28-47(52-48(42)39-14-6-5-11-34(39)40)33-22-24-38-36-13-8-10-16-44(36)50(3,4)46(38)26-33;1-49(2)43-19-11-9-16-35(43)37-23-21-30(25-45(37)49)40-27-42-41(33-14-6-5-13-32(33)29-51)28-47(52-48(42)39-18-8-7-15-34(39)40)31-22-24-38-36-17-10-12-20-44(36)50(3,4)46(38)26-31/h2*5-28H,1-4H3. The molecule has 104 heavy (non-hydrogen) atoms. The maximum absolute atomic E-state index is 10.3. The summed E-state index contributed by atoms with van der Waals surface area (Å²) in [6.07, 6.45) is 0. The molecule has 492 valence electrons. The van der Waals surface area contributed by atoms with Crippen molar-refractivity contribution in [2.24, 2.45) is 0 Å². The summed E-state index contributed by atoms with van der Waals surface area (Å²) in [6, 6.07) is 110. The third-order valence-corrected chi connectivity index (χ3v) is 23.8. The molecule has 20 rings (SSSR count). The lowest BCUT2D eigenvalue weighted by molar-refractivity contribution is 0.660. The summed E-state index contributed by atoms with van der Waals surface area (Å²) in [5, 5.41) is 26.7. The molecule has 0 atom stereocenters. The monoisotopic (exact) mass is 1330 g/mol. The van der Waals surface area contributed by atoms with Crippen LogP contribution in [0.3, 0.4) is 0 Å². The van der Waals surface area contributed by atoms with Crippen LogP contribution in [0.4, 0.5) is 0 Å². The highest BCUT2D eigenvalue weighted by molar-refractivity contribution is 6.18. The second-order valence-corrected chi connectivity index (χ2v) is 30.9. The maximum Gasteiger partial charge on any atom is 0.0998 e. The number of benzene rings is 14. The Kier molecular flexibility index (Phi) is 13.8. The minimum Gasteiger partial charge on any atom is -0.247 e. The summed E-state index contributed by atoms with van der Waals surface area (Å²) in [7, 11) is 0. The van der Waals surface area contributed by atoms with Gasteiger partial charge in [-0.2, -0.15) is 10.5 Å². The molecule has 2 heterocycles. The van der Waals surface area contributed by atoms with Gasteiger partial charge in [0.15, 0.2) is 0 Å². The van der Waals surface area contributed by atoms with Crippen LogP contribution in [0.15, 0.2) is 291 Å². The molecular weight excluding hydrogens is 1260 g/mol. The average molecular weight is 1330 g/mol. The topological polar surface area (TPSA) is 73.4 Å². The Morgan fingerprint density at radius 1 is 0.221 bits per heavy atom. The fourth-order valence-electron chi connectivity index (χ4n) is 18.4. The quantitative estimate of drug-likeness (QED) is 0.156. The van der Waals surface area contributed by atoms with Gasteiger partial charge in [0, 0.05) is 59.9 Å². The van der Waals surface area contributed by atoms with Crippen molar-refractivity contribution in [3.63, 3.8) is 0 Å². The first-order valence-electron chi connectivity index (χ1n) is 36.2. The molecule has 16 aromatic rings. The van der Waals surface area contributed by atoms with Gasteiger partial charge in [0.1, 0.15) is 0 Å². The minimum atomic E-state index is -0.123. The lowest BCUT2D eigenvalue weighted by Crippen LogP contribution is -2.15. The summed E-state index contributed by atoms with van der Waals surface area (Å²) in [6.45, 7) is 18.6. The lowest BCUT2D eigenvalue weighted by Gasteiger charge is -2.22. The van der Waals surface area contributed by atoms with Crippen molar-refractivity contribution >= 4 is 43.4 Å². The molecule has 14 aromatic carbocycles. The van der Waals surface area contributed by atoms with Crippen LogP contribution in [0.2, 0.25) is 0 Å². The van der Waals surface area contributed by atoms with Crippen LogP contribution in [0.5, 0.6) is 0 Å². The number of hydrogen-bond acceptors (Lipinski definition) is 4. The molecule has 4 aliphatic carbocycles. The van der Waals surface area contributed by atoms with E-state index in [1.165, 1.54) is 117 Å². The van der Waals surface area contributed by atoms with Crippen LogP contribution in [0, 0.1) is 22.7 Å². The Morgan fingerprint density at radius 3 is 0.913 bits per heavy atom. The van der Waals surface area contributed by atoms with E-state index in [-0.39, 0.29) is 21.7 Å². The second kappa shape index (κ2) is 23.0. The Bertz CT molecular complexity index is 6500. The van der Waals surface area contributed by atoms with Crippen LogP contribution in [-0.2, 0) is 21.7 Å². The highest BCUT2D eigenvalue weighted by atomic mass is 14.7. The number of nitriles is 2. The fourth-order valence-corrected chi connectivity index (χ4v) is 18.4. The van der Waals surface area contributed by atoms with E-state index in [1.54, 1.807) is 0 Å². The van der Waals surface area contributed by atoms with E-state index in [0.29, 0.717) is 11.1 Å². The van der Waals surface area contributed by atoms with E-state index in [0.717, 1.165) is 82.7 Å². The number of nitrogens with zero attached hydrogens (tertiary/aromatic N) is 4. The van der Waals surface area contributed by atoms with Gasteiger partial charge in [0.25, 0.3) is 0 Å². The Hall–Kier alpha value is -12.6. The minimum absolute atomic E-state index is 0.0928. The van der Waals surface area contributed by atoms with Gasteiger partial charge >= 0.3 is 0 Å². The van der Waals surface area contributed by atoms with Crippen LogP contribution in [0.25, 0.3) is 155 Å². The lowest BCUT2D eigenvalue weighted by atomic mass is 9.81. The van der Waals surface area contributed by atoms with Gasteiger partial charge in [0.2, 0.25) is 0 Å². The summed E-state index contributed by atoms with van der Waals surface area (Å²) >= 11 is 0. The largest absolute Gasteiger partial charge is 0.247 e. The maximum atomic E-state index is 10.3. The molecule has 0 amide bonds. The summed E-state index contributed by atoms with van der Waals surface area (Å²) < 4.78 is 0. The predicted octanol–water partition coefficient (Wildman–Crippen LogP) is 25.7. The third kappa shape index (κ3) is 9.28. The van der Waals surface area contributed by atoms with Crippen molar-refractivity contribution in [3.8, 4) is 124 Å². The molecule has 0 fully saturated rings. The zero-order valence-corrected chi connectivity index (χ0v) is 59.5. The molecule has 0 saturated carbocycles. The van der Waals surface area contributed by atoms with Crippen molar-refractivity contribution < 1.29 is 0 Å². The zero-order valence-electron chi connectivity index (χ0n) is 59.5. The smallest absolute Gasteiger partial charge is 0.0998 e. The molecule has 0 N–H and O–H groups in total. The molecule has 0 aliphatic heterocycles. The summed E-state index contributed by atoms with van der Waals surface area (Å²) in [4.78, 5) is 11.0. The van der Waals surface area contributed by atoms with Gasteiger partial charge < -0.3 is 0 Å². The Labute approximate surface area is 607 Å². The van der Waals surface area contributed by atoms with E-state index < -0.39 is 0 Å². The number of fused-ring (bicyclic) bond motifs is 18. The van der Waals surface area contributed by atoms with E-state index in [9.17, 15) is 10.5 Å². The molecule has 4 aliphatic rings. The van der Waals surface area contributed by atoms with Gasteiger partial charge in [0.05, 0.1) is 45.7 Å². The first-order valence-corrected chi connectivity index (χ1v) is 36.2. The van der Waals surface area contributed by atoms with Crippen molar-refractivity contribution in [3.05, 3.63) is 347 Å². The second-order valence-electron chi connectivity index (χ2n) is 30.9. The molecule has 0 saturated heterocycles. The van der Waals surface area contributed by atoms with Gasteiger partial charge in [-0.1, -0.05) is 280 Å². The van der Waals surface area contributed by atoms with Gasteiger partial charge in [-0.15, -0.1) is 0 Å². The van der Waals surface area contributed by atoms with E-state index in [2.05, 4.69) is 328 Å². The average Bonchev–Trinajstić information content (AvgIpc) is 1.22. The number of pyridine rings is 2. The van der Waals surface area contributed by atoms with Crippen molar-refractivity contribution in [2.75, 3.05) is 0 Å². The van der Waals surface area contributed by atoms with Crippen LogP contribution in [0.1, 0.15) is 111 Å². The normalized spacial score (nSPS) is 14.4. The number of aromatic nitrogens is 2. The Balaban J connectivity index is 0.000000143. The summed E-state index contributed by atoms with van der Waals surface area (Å²) in [5.41, 5.74) is 37.0. The molecule has 0 bridgehead atoms. The molecular formula is C100H72N4. The number of rotatable bonds is 6. The molecule has 0 radical (unpaired) electrons. The highest BCUT2D eigenvalue weighted by Gasteiger charge is 2.40. The van der Waals surface area contributed by atoms with Gasteiger partial charge in [-0.3, -0.25) is 0 Å². The highest BCUT2D eigenvalue weighted by Crippen LogP contribution is 2.55. The zero-order chi connectivity index (χ0) is 70.7. The predicted molar refractivity (Wildman–Crippen MR) is 431 cm³/mol. The Morgan fingerprint density at radius 2 is 0.519 bits per heavy atom. The van der Waals surface area contributed by atoms with E-state index in [4.69, 9.17) is 9.97 Å². The molecule has 4 heteroatoms. The molecule has 4 nitrogen and oxygen atoms in total. The van der Waals surface area contributed by atoms with Crippen molar-refractivity contribution in [1.82, 2.24) is 9.97 Å². The third-order valence-electron chi connectivity index (χ3n) is 23.8. The summed E-state index contributed by atoms with van der Waals surface area (Å²) in [5.74, 6) is 0. The van der Waals surface area contributed by atoms with Gasteiger partial charge in [-0.25, -0.2) is 9.97 Å². The molecule has 0 unspecified atom stereocenters. The van der Waals surface area contributed by atoms with Crippen LogP contribution in [-0.4, -0.2) is 9.97 Å². The SMILES string of the molecule is CC1(C)c2ccccc2-c2ccc(-c3cc(-c4ccc(C#N)cc4)c4cc(-c5ccc6c(c5)C(C)(C)c5ccccc5-6)c5ccccc5c4n3)cc21.CC1(C)c2ccccc2-c2ccc(-c3cc(-c4ccccc4C#N)c4cc(-c5ccc6c(c5)C(C)(C)c5ccccc5-6)c5ccccc5c4n3)cc21. The molecule has 0 spiro atoms. The first-order chi connectivity index (χ1) is 50.5. The van der Waals surface area contributed by atoms with Crippen LogP contribution < -0.4 is 0 Å². The van der Waals surface area contributed by atoms with Crippen molar-refractivity contribution in [1.29, 1.82) is 10.5 Å². The number of hydrogen-bond donors (Lipinski definition) is 0. The first kappa shape index (κ1) is 62.4. The van der Waals surface area contributed by atoms with E-state index >= 15 is 0 Å². The fraction of sp³-hybridized carbons (Fsp3) is 0.120. The molecule has 2 aromatic heterocycles. The van der Waals surface area contributed by atoms with E-state index in [1.807, 2.05) is 30.3 Å². The van der Waals surface area contributed by atoms with Crippen LogP contribution >= 0.6 is 0 Å². The van der Waals surface area contributed by atoms with Gasteiger partial charge in [-0.05, 0) is 205 Å². The van der Waals surface area contributed by atoms with Crippen molar-refractivity contribution in [2.45, 2.75) is 77.0 Å².